The van der Waals surface area contributed by atoms with Crippen LogP contribution < -0.4 is 14.5 Å². The van der Waals surface area contributed by atoms with Crippen LogP contribution in [-0.4, -0.2) is 39.8 Å². The summed E-state index contributed by atoms with van der Waals surface area (Å²) < 4.78 is 5.48. The molecule has 0 unspecified atom stereocenters. The molecule has 120 valence electrons. The lowest BCUT2D eigenvalue weighted by molar-refractivity contribution is -1.02. The quantitative estimate of drug-likeness (QED) is 0.751. The van der Waals surface area contributed by atoms with Gasteiger partial charge in [-0.05, 0) is 31.4 Å². The largest absolute Gasteiger partial charge is 0.496 e. The topological polar surface area (TPSA) is 18.1 Å². The lowest BCUT2D eigenvalue weighted by Gasteiger charge is -2.32. The van der Waals surface area contributed by atoms with Crippen molar-refractivity contribution in [2.75, 3.05) is 39.8 Å². The maximum atomic E-state index is 5.48. The molecule has 1 fully saturated rings. The van der Waals surface area contributed by atoms with E-state index in [1.54, 1.807) is 12.0 Å². The van der Waals surface area contributed by atoms with Crippen molar-refractivity contribution in [1.29, 1.82) is 0 Å². The van der Waals surface area contributed by atoms with Gasteiger partial charge in [-0.2, -0.15) is 0 Å². The highest BCUT2D eigenvalue weighted by Crippen LogP contribution is 2.16. The van der Waals surface area contributed by atoms with Gasteiger partial charge in [0.2, 0.25) is 0 Å². The molecule has 1 saturated heterocycles. The molecule has 1 aromatic rings. The first-order valence-corrected chi connectivity index (χ1v) is 8.79. The number of nitrogens with one attached hydrogen (secondary N) is 2. The van der Waals surface area contributed by atoms with Crippen LogP contribution in [0.5, 0.6) is 5.75 Å². The number of benzene rings is 1. The highest BCUT2D eigenvalue weighted by Gasteiger charge is 2.26. The minimum absolute atomic E-state index is 0.927. The van der Waals surface area contributed by atoms with Gasteiger partial charge < -0.3 is 14.5 Å². The Morgan fingerprint density at radius 2 is 1.82 bits per heavy atom. The third kappa shape index (κ3) is 4.11. The van der Waals surface area contributed by atoms with Gasteiger partial charge >= 0.3 is 0 Å². The summed E-state index contributed by atoms with van der Waals surface area (Å²) in [6.07, 6.45) is 8.74. The second-order valence-corrected chi connectivity index (χ2v) is 6.84. The van der Waals surface area contributed by atoms with Crippen LogP contribution in [0.3, 0.4) is 0 Å². The van der Waals surface area contributed by atoms with Crippen LogP contribution in [0.15, 0.2) is 36.4 Å². The van der Waals surface area contributed by atoms with Gasteiger partial charge in [0.15, 0.2) is 0 Å². The van der Waals surface area contributed by atoms with Gasteiger partial charge in [0.25, 0.3) is 0 Å². The molecule has 2 N–H and O–H groups in total. The fraction of sp³-hybridized carbons (Fsp3) is 0.579. The monoisotopic (exact) mass is 302 g/mol. The number of piperazine rings is 1. The highest BCUT2D eigenvalue weighted by atomic mass is 16.5. The van der Waals surface area contributed by atoms with Crippen molar-refractivity contribution in [3.8, 4) is 5.75 Å². The van der Waals surface area contributed by atoms with E-state index in [4.69, 9.17) is 4.74 Å². The van der Waals surface area contributed by atoms with E-state index >= 15 is 0 Å². The fourth-order valence-electron chi connectivity index (χ4n) is 3.91. The summed E-state index contributed by atoms with van der Waals surface area (Å²) >= 11 is 0. The van der Waals surface area contributed by atoms with Crippen LogP contribution in [-0.2, 0) is 6.54 Å². The van der Waals surface area contributed by atoms with Gasteiger partial charge in [0.1, 0.15) is 38.5 Å². The Hall–Kier alpha value is -1.32. The minimum Gasteiger partial charge on any atom is -0.496 e. The lowest BCUT2D eigenvalue weighted by atomic mass is 9.94. The fourth-order valence-corrected chi connectivity index (χ4v) is 3.91. The van der Waals surface area contributed by atoms with Crippen molar-refractivity contribution >= 4 is 0 Å². The van der Waals surface area contributed by atoms with E-state index in [9.17, 15) is 0 Å². The van der Waals surface area contributed by atoms with E-state index in [0.717, 1.165) is 18.2 Å². The molecule has 0 radical (unpaired) electrons. The summed E-state index contributed by atoms with van der Waals surface area (Å²) in [7, 11) is 1.77. The summed E-state index contributed by atoms with van der Waals surface area (Å²) in [4.78, 5) is 3.53. The SMILES string of the molecule is COc1ccccc1C[NH+]1CC[NH+](C[C@H]2CC=CCC2)CC1. The molecule has 0 bridgehead atoms. The number of ether oxygens (including phenoxy) is 1. The molecule has 3 rings (SSSR count). The molecule has 0 saturated carbocycles. The molecular weight excluding hydrogens is 272 g/mol. The highest BCUT2D eigenvalue weighted by molar-refractivity contribution is 5.32. The first-order chi connectivity index (χ1) is 10.8. The molecule has 3 nitrogen and oxygen atoms in total. The molecule has 1 atom stereocenters. The maximum absolute atomic E-state index is 5.48. The van der Waals surface area contributed by atoms with Crippen LogP contribution in [0.1, 0.15) is 24.8 Å². The average Bonchev–Trinajstić information content (AvgIpc) is 2.58. The van der Waals surface area contributed by atoms with E-state index in [1.165, 1.54) is 57.5 Å². The predicted molar refractivity (Wildman–Crippen MR) is 89.4 cm³/mol. The molecule has 2 aliphatic rings. The first-order valence-electron chi connectivity index (χ1n) is 8.79. The predicted octanol–water partition coefficient (Wildman–Crippen LogP) is 0.335. The number of hydrogen-bond acceptors (Lipinski definition) is 1. The molecule has 1 aliphatic carbocycles. The Kier molecular flexibility index (Phi) is 5.52. The van der Waals surface area contributed by atoms with E-state index in [-0.39, 0.29) is 0 Å². The standard InChI is InChI=1S/C19H28N2O/c1-22-19-10-6-5-9-18(19)16-21-13-11-20(12-14-21)15-17-7-3-2-4-8-17/h2-3,5-6,9-10,17H,4,7-8,11-16H2,1H3/p+2/t17-/m0/s1. The number of hydrogen-bond donors (Lipinski definition) is 2. The van der Waals surface area contributed by atoms with Crippen molar-refractivity contribution < 1.29 is 14.5 Å². The van der Waals surface area contributed by atoms with Crippen molar-refractivity contribution in [3.63, 3.8) is 0 Å². The molecule has 0 spiro atoms. The zero-order chi connectivity index (χ0) is 15.2. The molecule has 22 heavy (non-hydrogen) atoms. The molecular formula is C19H30N2O+2. The number of rotatable bonds is 5. The van der Waals surface area contributed by atoms with Gasteiger partial charge in [0.05, 0.1) is 13.7 Å². The van der Waals surface area contributed by atoms with Gasteiger partial charge in [-0.1, -0.05) is 24.3 Å². The summed E-state index contributed by atoms with van der Waals surface area (Å²) in [5.41, 5.74) is 1.35. The summed E-state index contributed by atoms with van der Waals surface area (Å²) in [5, 5.41) is 0. The normalized spacial score (nSPS) is 28.5. The van der Waals surface area contributed by atoms with Gasteiger partial charge in [-0.15, -0.1) is 0 Å². The number of allylic oxidation sites excluding steroid dienone is 2. The third-order valence-electron chi connectivity index (χ3n) is 5.25. The summed E-state index contributed by atoms with van der Waals surface area (Å²) in [6, 6.07) is 8.46. The second-order valence-electron chi connectivity index (χ2n) is 6.84. The Bertz CT molecular complexity index is 492. The average molecular weight is 302 g/mol. The molecule has 3 heteroatoms. The molecule has 0 amide bonds. The van der Waals surface area contributed by atoms with Gasteiger partial charge in [-0.25, -0.2) is 0 Å². The van der Waals surface area contributed by atoms with E-state index in [2.05, 4.69) is 36.4 Å². The maximum Gasteiger partial charge on any atom is 0.127 e. The van der Waals surface area contributed by atoms with E-state index in [0.29, 0.717) is 0 Å². The van der Waals surface area contributed by atoms with Gasteiger partial charge in [0, 0.05) is 11.5 Å². The molecule has 1 heterocycles. The Balaban J connectivity index is 1.46. The second kappa shape index (κ2) is 7.80. The summed E-state index contributed by atoms with van der Waals surface area (Å²) in [5.74, 6) is 1.97. The van der Waals surface area contributed by atoms with E-state index < -0.39 is 0 Å². The van der Waals surface area contributed by atoms with Crippen molar-refractivity contribution in [2.24, 2.45) is 5.92 Å². The van der Waals surface area contributed by atoms with Crippen molar-refractivity contribution in [3.05, 3.63) is 42.0 Å². The zero-order valence-corrected chi connectivity index (χ0v) is 13.8. The Morgan fingerprint density at radius 1 is 1.05 bits per heavy atom. The van der Waals surface area contributed by atoms with Crippen LogP contribution >= 0.6 is 0 Å². The van der Waals surface area contributed by atoms with Crippen LogP contribution in [0, 0.1) is 5.92 Å². The van der Waals surface area contributed by atoms with Gasteiger partial charge in [-0.3, -0.25) is 0 Å². The smallest absolute Gasteiger partial charge is 0.127 e. The summed E-state index contributed by atoms with van der Waals surface area (Å²) in [6.45, 7) is 7.71. The Labute approximate surface area is 134 Å². The zero-order valence-electron chi connectivity index (χ0n) is 13.8. The molecule has 1 aromatic carbocycles. The number of quaternary nitrogens is 2. The molecule has 1 aliphatic heterocycles. The first kappa shape index (κ1) is 15.6. The van der Waals surface area contributed by atoms with Crippen LogP contribution in [0.25, 0.3) is 0 Å². The Morgan fingerprint density at radius 3 is 2.55 bits per heavy atom. The number of methoxy groups -OCH3 is 1. The van der Waals surface area contributed by atoms with Crippen LogP contribution in [0.4, 0.5) is 0 Å². The minimum atomic E-state index is 0.927. The van der Waals surface area contributed by atoms with E-state index in [1.807, 2.05) is 4.90 Å². The lowest BCUT2D eigenvalue weighted by Crippen LogP contribution is -3.27. The third-order valence-corrected chi connectivity index (χ3v) is 5.25. The number of para-hydroxylation sites is 1. The van der Waals surface area contributed by atoms with Crippen LogP contribution in [0.2, 0.25) is 0 Å². The molecule has 0 aromatic heterocycles. The van der Waals surface area contributed by atoms with Crippen molar-refractivity contribution in [1.82, 2.24) is 0 Å². The van der Waals surface area contributed by atoms with Crippen molar-refractivity contribution in [2.45, 2.75) is 25.8 Å².